The van der Waals surface area contributed by atoms with Crippen LogP contribution in [0.2, 0.25) is 0 Å². The van der Waals surface area contributed by atoms with Crippen LogP contribution in [0.25, 0.3) is 0 Å². The lowest BCUT2D eigenvalue weighted by Gasteiger charge is -2.38. The first-order valence-corrected chi connectivity index (χ1v) is 8.79. The van der Waals surface area contributed by atoms with E-state index in [2.05, 4.69) is 15.9 Å². The van der Waals surface area contributed by atoms with Crippen LogP contribution in [0.5, 0.6) is 0 Å². The summed E-state index contributed by atoms with van der Waals surface area (Å²) in [5.41, 5.74) is -0.380. The van der Waals surface area contributed by atoms with Gasteiger partial charge in [0.25, 0.3) is 10.0 Å². The molecule has 1 saturated heterocycles. The van der Waals surface area contributed by atoms with Gasteiger partial charge in [0, 0.05) is 24.7 Å². The van der Waals surface area contributed by atoms with Crippen LogP contribution in [0.4, 0.5) is 0 Å². The SMILES string of the molecule is COC1(C)CCCN(S(=O)(=O)c2sccc2Br)C1. The number of rotatable bonds is 3. The second kappa shape index (κ2) is 5.20. The Bertz CT molecular complexity index is 528. The van der Waals surface area contributed by atoms with Crippen LogP contribution in [0.3, 0.4) is 0 Å². The average molecular weight is 354 g/mol. The van der Waals surface area contributed by atoms with Gasteiger partial charge in [0.1, 0.15) is 4.21 Å². The summed E-state index contributed by atoms with van der Waals surface area (Å²) < 4.78 is 33.0. The van der Waals surface area contributed by atoms with Crippen molar-refractivity contribution in [2.45, 2.75) is 29.6 Å². The normalized spacial score (nSPS) is 26.4. The van der Waals surface area contributed by atoms with Crippen molar-refractivity contribution in [1.29, 1.82) is 0 Å². The minimum atomic E-state index is -3.41. The highest BCUT2D eigenvalue weighted by Crippen LogP contribution is 2.33. The Kier molecular flexibility index (Phi) is 4.18. The van der Waals surface area contributed by atoms with E-state index in [-0.39, 0.29) is 5.60 Å². The molecule has 1 aliphatic rings. The Balaban J connectivity index is 2.29. The minimum absolute atomic E-state index is 0.378. The molecule has 0 spiro atoms. The predicted octanol–water partition coefficient (Wildman–Crippen LogP) is 2.70. The van der Waals surface area contributed by atoms with Crippen molar-refractivity contribution < 1.29 is 13.2 Å². The van der Waals surface area contributed by atoms with Gasteiger partial charge < -0.3 is 4.74 Å². The molecular weight excluding hydrogens is 338 g/mol. The van der Waals surface area contributed by atoms with E-state index in [1.54, 1.807) is 18.6 Å². The summed E-state index contributed by atoms with van der Waals surface area (Å²) in [6.07, 6.45) is 1.72. The first kappa shape index (κ1) is 14.5. The van der Waals surface area contributed by atoms with Crippen LogP contribution in [0.1, 0.15) is 19.8 Å². The Hall–Kier alpha value is 0.0500. The highest BCUT2D eigenvalue weighted by atomic mass is 79.9. The van der Waals surface area contributed by atoms with Gasteiger partial charge in [-0.2, -0.15) is 4.31 Å². The topological polar surface area (TPSA) is 46.6 Å². The summed E-state index contributed by atoms with van der Waals surface area (Å²) in [5.74, 6) is 0. The maximum atomic E-state index is 12.5. The molecule has 4 nitrogen and oxygen atoms in total. The molecule has 0 aliphatic carbocycles. The Morgan fingerprint density at radius 2 is 2.28 bits per heavy atom. The van der Waals surface area contributed by atoms with E-state index >= 15 is 0 Å². The Morgan fingerprint density at radius 1 is 1.56 bits per heavy atom. The fraction of sp³-hybridized carbons (Fsp3) is 0.636. The predicted molar refractivity (Wildman–Crippen MR) is 75.4 cm³/mol. The second-order valence-electron chi connectivity index (χ2n) is 4.65. The first-order valence-electron chi connectivity index (χ1n) is 5.67. The number of thiophene rings is 1. The fourth-order valence-electron chi connectivity index (χ4n) is 2.11. The van der Waals surface area contributed by atoms with Crippen LogP contribution in [-0.2, 0) is 14.8 Å². The minimum Gasteiger partial charge on any atom is -0.377 e. The van der Waals surface area contributed by atoms with Gasteiger partial charge >= 0.3 is 0 Å². The van der Waals surface area contributed by atoms with E-state index in [0.717, 1.165) is 12.8 Å². The molecule has 1 unspecified atom stereocenters. The molecule has 0 amide bonds. The van der Waals surface area contributed by atoms with Gasteiger partial charge in [-0.15, -0.1) is 11.3 Å². The van der Waals surface area contributed by atoms with Gasteiger partial charge in [-0.1, -0.05) is 0 Å². The summed E-state index contributed by atoms with van der Waals surface area (Å²) in [6, 6.07) is 1.76. The summed E-state index contributed by atoms with van der Waals surface area (Å²) in [4.78, 5) is 0. The molecule has 0 N–H and O–H groups in total. The van der Waals surface area contributed by atoms with E-state index in [1.165, 1.54) is 15.6 Å². The lowest BCUT2D eigenvalue weighted by atomic mass is 9.96. The van der Waals surface area contributed by atoms with Gasteiger partial charge in [-0.25, -0.2) is 8.42 Å². The number of ether oxygens (including phenoxy) is 1. The zero-order chi connectivity index (χ0) is 13.4. The van der Waals surface area contributed by atoms with Crippen LogP contribution >= 0.6 is 27.3 Å². The third-order valence-corrected chi connectivity index (χ3v) is 7.77. The quantitative estimate of drug-likeness (QED) is 0.839. The summed E-state index contributed by atoms with van der Waals surface area (Å²) in [6.45, 7) is 2.93. The monoisotopic (exact) mass is 353 g/mol. The zero-order valence-electron chi connectivity index (χ0n) is 10.3. The molecule has 0 saturated carbocycles. The van der Waals surface area contributed by atoms with Gasteiger partial charge in [0.2, 0.25) is 0 Å². The molecule has 0 radical (unpaired) electrons. The molecule has 1 atom stereocenters. The number of hydrogen-bond donors (Lipinski definition) is 0. The van der Waals surface area contributed by atoms with Crippen molar-refractivity contribution >= 4 is 37.3 Å². The number of nitrogens with zero attached hydrogens (tertiary/aromatic N) is 1. The lowest BCUT2D eigenvalue weighted by molar-refractivity contribution is -0.0319. The van der Waals surface area contributed by atoms with Crippen molar-refractivity contribution in [1.82, 2.24) is 4.31 Å². The summed E-state index contributed by atoms with van der Waals surface area (Å²) >= 11 is 4.53. The molecule has 1 fully saturated rings. The van der Waals surface area contributed by atoms with Crippen molar-refractivity contribution in [2.75, 3.05) is 20.2 Å². The number of sulfonamides is 1. The van der Waals surface area contributed by atoms with E-state index in [4.69, 9.17) is 4.74 Å². The second-order valence-corrected chi connectivity index (χ2v) is 8.56. The smallest absolute Gasteiger partial charge is 0.253 e. The fourth-order valence-corrected chi connectivity index (χ4v) is 6.15. The number of piperidine rings is 1. The van der Waals surface area contributed by atoms with E-state index < -0.39 is 10.0 Å². The number of methoxy groups -OCH3 is 1. The maximum absolute atomic E-state index is 12.5. The molecule has 1 aliphatic heterocycles. The van der Waals surface area contributed by atoms with Crippen molar-refractivity contribution in [3.05, 3.63) is 15.9 Å². The maximum Gasteiger partial charge on any atom is 0.253 e. The zero-order valence-corrected chi connectivity index (χ0v) is 13.6. The standard InChI is InChI=1S/C11H16BrNO3S2/c1-11(16-2)5-3-6-13(8-11)18(14,15)10-9(12)4-7-17-10/h4,7H,3,5-6,8H2,1-2H3. The van der Waals surface area contributed by atoms with Crippen molar-refractivity contribution in [3.8, 4) is 0 Å². The van der Waals surface area contributed by atoms with Crippen LogP contribution < -0.4 is 0 Å². The lowest BCUT2D eigenvalue weighted by Crippen LogP contribution is -2.49. The van der Waals surface area contributed by atoms with Crippen LogP contribution in [0.15, 0.2) is 20.1 Å². The first-order chi connectivity index (χ1) is 8.39. The van der Waals surface area contributed by atoms with Gasteiger partial charge in [-0.3, -0.25) is 0 Å². The van der Waals surface area contributed by atoms with E-state index in [1.807, 2.05) is 6.92 Å². The third kappa shape index (κ3) is 2.65. The third-order valence-electron chi connectivity index (χ3n) is 3.28. The Morgan fingerprint density at radius 3 is 2.83 bits per heavy atom. The molecule has 0 aromatic carbocycles. The van der Waals surface area contributed by atoms with Crippen molar-refractivity contribution in [2.24, 2.45) is 0 Å². The van der Waals surface area contributed by atoms with E-state index in [0.29, 0.717) is 21.8 Å². The van der Waals surface area contributed by atoms with Gasteiger partial charge in [-0.05, 0) is 47.1 Å². The molecule has 102 valence electrons. The molecule has 1 aromatic rings. The highest BCUT2D eigenvalue weighted by molar-refractivity contribution is 9.10. The van der Waals surface area contributed by atoms with Crippen LogP contribution in [0, 0.1) is 0 Å². The molecule has 2 heterocycles. The molecule has 7 heteroatoms. The largest absolute Gasteiger partial charge is 0.377 e. The summed E-state index contributed by atoms with van der Waals surface area (Å²) in [5, 5.41) is 1.77. The Labute approximate surface area is 120 Å². The molecular formula is C11H16BrNO3S2. The van der Waals surface area contributed by atoms with Crippen LogP contribution in [-0.4, -0.2) is 38.5 Å². The van der Waals surface area contributed by atoms with Crippen molar-refractivity contribution in [3.63, 3.8) is 0 Å². The van der Waals surface area contributed by atoms with E-state index in [9.17, 15) is 8.42 Å². The molecule has 2 rings (SSSR count). The summed E-state index contributed by atoms with van der Waals surface area (Å²) in [7, 11) is -1.77. The molecule has 0 bridgehead atoms. The number of halogens is 1. The van der Waals surface area contributed by atoms with Gasteiger partial charge in [0.15, 0.2) is 0 Å². The average Bonchev–Trinajstić information content (AvgIpc) is 2.76. The highest BCUT2D eigenvalue weighted by Gasteiger charge is 2.38. The molecule has 1 aromatic heterocycles. The molecule has 18 heavy (non-hydrogen) atoms. The van der Waals surface area contributed by atoms with Gasteiger partial charge in [0.05, 0.1) is 5.60 Å². The number of hydrogen-bond acceptors (Lipinski definition) is 4.